The molecular weight excluding hydrogens is 636 g/mol. The van der Waals surface area contributed by atoms with Crippen molar-refractivity contribution in [2.45, 2.75) is 6.42 Å². The first-order valence-corrected chi connectivity index (χ1v) is 17.3. The maximum atomic E-state index is 12.8. The van der Waals surface area contributed by atoms with Crippen molar-refractivity contribution in [3.05, 3.63) is 138 Å². The minimum absolute atomic E-state index is 0.0835. The van der Waals surface area contributed by atoms with Crippen molar-refractivity contribution >= 4 is 45.7 Å². The van der Waals surface area contributed by atoms with Gasteiger partial charge in [-0.25, -0.2) is 0 Å². The minimum Gasteiger partial charge on any atom is -0.492 e. The second kappa shape index (κ2) is 14.5. The van der Waals surface area contributed by atoms with Gasteiger partial charge in [0.1, 0.15) is 12.4 Å². The molecule has 3 aliphatic rings. The summed E-state index contributed by atoms with van der Waals surface area (Å²) in [7, 11) is 0. The Hall–Kier alpha value is -5.96. The molecule has 8 nitrogen and oxygen atoms in total. The molecule has 6 aromatic rings. The van der Waals surface area contributed by atoms with Gasteiger partial charge in [0, 0.05) is 53.2 Å². The van der Waals surface area contributed by atoms with E-state index >= 15 is 0 Å². The number of aromatic nitrogens is 1. The van der Waals surface area contributed by atoms with Crippen LogP contribution in [-0.2, 0) is 20.7 Å². The quantitative estimate of drug-likeness (QED) is 0.150. The van der Waals surface area contributed by atoms with Gasteiger partial charge in [0.2, 0.25) is 5.91 Å². The van der Waals surface area contributed by atoms with Crippen LogP contribution in [0.25, 0.3) is 44.8 Å². The van der Waals surface area contributed by atoms with E-state index in [4.69, 9.17) is 9.47 Å². The third-order valence-corrected chi connectivity index (χ3v) is 9.44. The van der Waals surface area contributed by atoms with Crippen molar-refractivity contribution in [1.82, 2.24) is 9.88 Å². The van der Waals surface area contributed by atoms with Crippen LogP contribution >= 0.6 is 0 Å². The zero-order valence-corrected chi connectivity index (χ0v) is 28.2. The van der Waals surface area contributed by atoms with Gasteiger partial charge in [0.25, 0.3) is 5.91 Å². The van der Waals surface area contributed by atoms with Crippen molar-refractivity contribution in [3.63, 3.8) is 0 Å². The molecule has 0 saturated carbocycles. The highest BCUT2D eigenvalue weighted by Gasteiger charge is 2.25. The van der Waals surface area contributed by atoms with E-state index in [-0.39, 0.29) is 11.8 Å². The normalized spacial score (nSPS) is 15.9. The highest BCUT2D eigenvalue weighted by atomic mass is 16.5. The number of H-pyrrole nitrogens is 1. The fraction of sp³-hybridized carbons (Fsp3) is 0.163. The molecule has 4 heterocycles. The van der Waals surface area contributed by atoms with E-state index in [0.29, 0.717) is 18.6 Å². The van der Waals surface area contributed by atoms with Crippen LogP contribution in [0.4, 0.5) is 11.4 Å². The lowest BCUT2D eigenvalue weighted by Gasteiger charge is -2.26. The molecule has 2 amide bonds. The fourth-order valence-corrected chi connectivity index (χ4v) is 6.75. The van der Waals surface area contributed by atoms with Crippen molar-refractivity contribution in [1.29, 1.82) is 0 Å². The molecule has 3 aliphatic heterocycles. The van der Waals surface area contributed by atoms with Gasteiger partial charge in [-0.2, -0.15) is 0 Å². The maximum absolute atomic E-state index is 12.8. The summed E-state index contributed by atoms with van der Waals surface area (Å²) in [4.78, 5) is 29.8. The number of amides is 2. The first kappa shape index (κ1) is 32.3. The largest absolute Gasteiger partial charge is 0.492 e. The van der Waals surface area contributed by atoms with Gasteiger partial charge < -0.3 is 25.1 Å². The SMILES string of the molecule is O=C1Cc2cc(-c3ccccc3)ccc2N1.O=C1Nc2ccc(-c3ccccc3)cc2C1=Cc1cc2cc(OCCN3CCOCC3)ccc2[nH]1. The zero-order valence-electron chi connectivity index (χ0n) is 28.2. The number of rotatable bonds is 7. The molecule has 0 spiro atoms. The van der Waals surface area contributed by atoms with Crippen LogP contribution in [0.5, 0.6) is 5.75 Å². The van der Waals surface area contributed by atoms with Crippen LogP contribution in [0.3, 0.4) is 0 Å². The Morgan fingerprint density at radius 3 is 2.16 bits per heavy atom. The Balaban J connectivity index is 0.000000194. The summed E-state index contributed by atoms with van der Waals surface area (Å²) in [5, 5.41) is 6.88. The molecule has 0 atom stereocenters. The number of carbonyl (C=O) groups excluding carboxylic acids is 2. The maximum Gasteiger partial charge on any atom is 0.256 e. The third kappa shape index (κ3) is 7.33. The van der Waals surface area contributed by atoms with E-state index in [1.54, 1.807) is 0 Å². The summed E-state index contributed by atoms with van der Waals surface area (Å²) < 4.78 is 11.4. The number of carbonyl (C=O) groups is 2. The molecule has 8 heteroatoms. The van der Waals surface area contributed by atoms with E-state index in [2.05, 4.69) is 63.0 Å². The number of benzene rings is 5. The topological polar surface area (TPSA) is 95.7 Å². The van der Waals surface area contributed by atoms with E-state index < -0.39 is 0 Å². The molecule has 1 aromatic heterocycles. The number of ether oxygens (including phenoxy) is 2. The van der Waals surface area contributed by atoms with E-state index in [0.717, 1.165) is 94.4 Å². The first-order chi connectivity index (χ1) is 25.1. The van der Waals surface area contributed by atoms with Crippen LogP contribution in [0.1, 0.15) is 16.8 Å². The van der Waals surface area contributed by atoms with Gasteiger partial charge in [-0.15, -0.1) is 0 Å². The van der Waals surface area contributed by atoms with Crippen LogP contribution in [0, 0.1) is 0 Å². The number of hydrogen-bond donors (Lipinski definition) is 3. The second-order valence-corrected chi connectivity index (χ2v) is 12.9. The predicted octanol–water partition coefficient (Wildman–Crippen LogP) is 7.89. The highest BCUT2D eigenvalue weighted by molar-refractivity contribution is 6.35. The first-order valence-electron chi connectivity index (χ1n) is 17.3. The average Bonchev–Trinajstić information content (AvgIpc) is 3.85. The van der Waals surface area contributed by atoms with Crippen molar-refractivity contribution in [2.75, 3.05) is 50.1 Å². The number of hydrogen-bond acceptors (Lipinski definition) is 5. The summed E-state index contributed by atoms with van der Waals surface area (Å²) in [5.74, 6) is 0.844. The number of fused-ring (bicyclic) bond motifs is 3. The van der Waals surface area contributed by atoms with Crippen LogP contribution in [0.2, 0.25) is 0 Å². The molecular formula is C43H38N4O4. The molecule has 254 valence electrons. The van der Waals surface area contributed by atoms with Gasteiger partial charge >= 0.3 is 0 Å². The van der Waals surface area contributed by atoms with E-state index in [1.807, 2.05) is 84.9 Å². The molecule has 3 N–H and O–H groups in total. The Morgan fingerprint density at radius 1 is 0.706 bits per heavy atom. The molecule has 9 rings (SSSR count). The molecule has 0 bridgehead atoms. The molecule has 0 unspecified atom stereocenters. The van der Waals surface area contributed by atoms with Gasteiger partial charge in [-0.3, -0.25) is 14.5 Å². The third-order valence-electron chi connectivity index (χ3n) is 9.44. The van der Waals surface area contributed by atoms with Gasteiger partial charge in [0.05, 0.1) is 25.2 Å². The average molecular weight is 675 g/mol. The Labute approximate surface area is 296 Å². The number of anilines is 2. The monoisotopic (exact) mass is 674 g/mol. The molecule has 0 aliphatic carbocycles. The summed E-state index contributed by atoms with van der Waals surface area (Å²) in [5.41, 5.74) is 10.9. The van der Waals surface area contributed by atoms with Gasteiger partial charge in [0.15, 0.2) is 0 Å². The summed E-state index contributed by atoms with van der Waals surface area (Å²) >= 11 is 0. The number of morpholine rings is 1. The molecule has 1 saturated heterocycles. The number of aromatic amines is 1. The Bertz CT molecular complexity index is 2240. The second-order valence-electron chi connectivity index (χ2n) is 12.9. The van der Waals surface area contributed by atoms with Crippen LogP contribution in [-0.4, -0.2) is 61.2 Å². The lowest BCUT2D eigenvalue weighted by Crippen LogP contribution is -2.38. The smallest absolute Gasteiger partial charge is 0.256 e. The summed E-state index contributed by atoms with van der Waals surface area (Å²) in [6.07, 6.45) is 2.42. The van der Waals surface area contributed by atoms with Crippen molar-refractivity contribution in [3.8, 4) is 28.0 Å². The number of nitrogens with zero attached hydrogens (tertiary/aromatic N) is 1. The Morgan fingerprint density at radius 2 is 1.41 bits per heavy atom. The standard InChI is InChI=1S/C29H27N3O3.C14H11NO/c33-29-26(25-18-21(6-8-28(25)31-29)20-4-2-1-3-5-20)19-23-16-22-17-24(7-9-27(22)30-23)35-15-12-32-10-13-34-14-11-32;16-14-9-12-8-11(6-7-13(12)15-14)10-4-2-1-3-5-10/h1-9,16-19,30H,10-15H2,(H,31,33);1-8H,9H2,(H,15,16). The fourth-order valence-electron chi connectivity index (χ4n) is 6.75. The molecule has 0 radical (unpaired) electrons. The summed E-state index contributed by atoms with van der Waals surface area (Å²) in [6, 6.07) is 40.7. The van der Waals surface area contributed by atoms with Crippen LogP contribution < -0.4 is 15.4 Å². The summed E-state index contributed by atoms with van der Waals surface area (Å²) in [6.45, 7) is 5.05. The lowest BCUT2D eigenvalue weighted by molar-refractivity contribution is -0.115. The number of nitrogens with one attached hydrogen (secondary N) is 3. The lowest BCUT2D eigenvalue weighted by atomic mass is 9.99. The van der Waals surface area contributed by atoms with Gasteiger partial charge in [-0.05, 0) is 82.4 Å². The highest BCUT2D eigenvalue weighted by Crippen LogP contribution is 2.37. The van der Waals surface area contributed by atoms with Crippen molar-refractivity contribution < 1.29 is 19.1 Å². The van der Waals surface area contributed by atoms with E-state index in [9.17, 15) is 9.59 Å². The Kier molecular flexibility index (Phi) is 9.16. The van der Waals surface area contributed by atoms with Crippen LogP contribution in [0.15, 0.2) is 121 Å². The van der Waals surface area contributed by atoms with Crippen molar-refractivity contribution in [2.24, 2.45) is 0 Å². The molecule has 5 aromatic carbocycles. The predicted molar refractivity (Wildman–Crippen MR) is 204 cm³/mol. The molecule has 51 heavy (non-hydrogen) atoms. The zero-order chi connectivity index (χ0) is 34.6. The van der Waals surface area contributed by atoms with Gasteiger partial charge in [-0.1, -0.05) is 72.8 Å². The minimum atomic E-state index is -0.0870. The van der Waals surface area contributed by atoms with E-state index in [1.165, 1.54) is 5.56 Å². The molecule has 1 fully saturated rings.